The first kappa shape index (κ1) is 22.2. The Morgan fingerprint density at radius 1 is 1.03 bits per heavy atom. The molecule has 1 aromatic heterocycles. The molecule has 2 aromatic carbocycles. The lowest BCUT2D eigenvalue weighted by Gasteiger charge is -2.15. The maximum atomic E-state index is 13.1. The normalized spacial score (nSPS) is 15.5. The molecule has 0 unspecified atom stereocenters. The number of amides is 1. The van der Waals surface area contributed by atoms with E-state index in [1.807, 2.05) is 26.0 Å². The van der Waals surface area contributed by atoms with Gasteiger partial charge in [-0.15, -0.1) is 0 Å². The third-order valence-corrected chi connectivity index (χ3v) is 6.80. The number of hydrogen-bond acceptors (Lipinski definition) is 5. The number of halogens is 1. The Morgan fingerprint density at radius 2 is 1.69 bits per heavy atom. The first-order chi connectivity index (χ1) is 15.0. The fraction of sp³-hybridized carbons (Fsp3) is 0.130. The maximum Gasteiger partial charge on any atom is 0.280 e. The second-order valence-electron chi connectivity index (χ2n) is 7.52. The van der Waals surface area contributed by atoms with Gasteiger partial charge in [0.2, 0.25) is 10.0 Å². The molecular formula is C23H20BrN3O4S. The van der Waals surface area contributed by atoms with E-state index in [1.54, 1.807) is 37.3 Å². The van der Waals surface area contributed by atoms with Crippen molar-refractivity contribution in [2.75, 3.05) is 5.01 Å². The lowest BCUT2D eigenvalue weighted by Crippen LogP contribution is -2.21. The summed E-state index contributed by atoms with van der Waals surface area (Å²) >= 11 is 3.53. The van der Waals surface area contributed by atoms with E-state index >= 15 is 0 Å². The molecule has 1 aliphatic rings. The highest BCUT2D eigenvalue weighted by Gasteiger charge is 2.30. The molecule has 32 heavy (non-hydrogen) atoms. The van der Waals surface area contributed by atoms with Crippen molar-refractivity contribution >= 4 is 49.3 Å². The Labute approximate surface area is 194 Å². The Kier molecular flexibility index (Phi) is 5.66. The van der Waals surface area contributed by atoms with E-state index in [4.69, 9.17) is 9.56 Å². The van der Waals surface area contributed by atoms with Crippen LogP contribution in [0.1, 0.15) is 23.8 Å². The number of carbonyl (C=O) groups excluding carboxylic acids is 1. The molecule has 1 aliphatic heterocycles. The number of nitrogens with two attached hydrogens (primary N) is 1. The SMILES string of the molecule is CC1=NN(c2cc(C)c(C)cc2Br)C(=O)/C1=C\c1ccc(-c2ccc(S(N)(=O)=O)cc2)o1. The van der Waals surface area contributed by atoms with Gasteiger partial charge in [0.25, 0.3) is 5.91 Å². The van der Waals surface area contributed by atoms with Crippen LogP contribution in [0.5, 0.6) is 0 Å². The fourth-order valence-electron chi connectivity index (χ4n) is 3.31. The summed E-state index contributed by atoms with van der Waals surface area (Å²) in [7, 11) is -3.76. The van der Waals surface area contributed by atoms with Crippen molar-refractivity contribution in [1.82, 2.24) is 0 Å². The summed E-state index contributed by atoms with van der Waals surface area (Å²) in [5, 5.41) is 11.0. The van der Waals surface area contributed by atoms with Crippen LogP contribution >= 0.6 is 15.9 Å². The van der Waals surface area contributed by atoms with Crippen molar-refractivity contribution < 1.29 is 17.6 Å². The zero-order valence-electron chi connectivity index (χ0n) is 17.6. The molecule has 2 N–H and O–H groups in total. The van der Waals surface area contributed by atoms with Crippen LogP contribution in [0.2, 0.25) is 0 Å². The van der Waals surface area contributed by atoms with Gasteiger partial charge in [-0.2, -0.15) is 10.1 Å². The van der Waals surface area contributed by atoms with E-state index in [0.29, 0.717) is 34.1 Å². The Balaban J connectivity index is 1.62. The second kappa shape index (κ2) is 8.16. The minimum absolute atomic E-state index is 0.0242. The summed E-state index contributed by atoms with van der Waals surface area (Å²) in [5.41, 5.74) is 4.55. The van der Waals surface area contributed by atoms with Gasteiger partial charge in [-0.1, -0.05) is 0 Å². The molecule has 7 nitrogen and oxygen atoms in total. The number of anilines is 1. The van der Waals surface area contributed by atoms with E-state index in [0.717, 1.165) is 15.6 Å². The number of carbonyl (C=O) groups is 1. The van der Waals surface area contributed by atoms with Gasteiger partial charge in [0.05, 0.1) is 21.9 Å². The molecule has 1 amide bonds. The highest BCUT2D eigenvalue weighted by atomic mass is 79.9. The highest BCUT2D eigenvalue weighted by molar-refractivity contribution is 9.10. The molecule has 0 bridgehead atoms. The summed E-state index contributed by atoms with van der Waals surface area (Å²) in [6.07, 6.45) is 1.65. The van der Waals surface area contributed by atoms with Crippen molar-refractivity contribution in [2.45, 2.75) is 25.7 Å². The third kappa shape index (κ3) is 4.19. The first-order valence-electron chi connectivity index (χ1n) is 9.66. The predicted molar refractivity (Wildman–Crippen MR) is 128 cm³/mol. The molecule has 0 saturated carbocycles. The topological polar surface area (TPSA) is 106 Å². The quantitative estimate of drug-likeness (QED) is 0.506. The standard InChI is InChI=1S/C23H20BrN3O4S/c1-13-10-20(24)21(11-14(13)2)27-23(28)19(15(3)26-27)12-17-6-9-22(31-17)16-4-7-18(8-5-16)32(25,29)30/h4-12H,1-3H3,(H2,25,29,30)/b19-12-. The van der Waals surface area contributed by atoms with E-state index in [9.17, 15) is 13.2 Å². The zero-order chi connectivity index (χ0) is 23.2. The summed E-state index contributed by atoms with van der Waals surface area (Å²) in [4.78, 5) is 13.1. The van der Waals surface area contributed by atoms with E-state index in [-0.39, 0.29) is 10.8 Å². The van der Waals surface area contributed by atoms with Crippen LogP contribution in [0.25, 0.3) is 17.4 Å². The third-order valence-electron chi connectivity index (χ3n) is 5.23. The average Bonchev–Trinajstić information content (AvgIpc) is 3.30. The lowest BCUT2D eigenvalue weighted by atomic mass is 10.1. The number of furan rings is 1. The van der Waals surface area contributed by atoms with Crippen molar-refractivity contribution in [2.24, 2.45) is 10.2 Å². The van der Waals surface area contributed by atoms with E-state index < -0.39 is 10.0 Å². The molecule has 0 spiro atoms. The van der Waals surface area contributed by atoms with Crippen molar-refractivity contribution in [3.63, 3.8) is 0 Å². The summed E-state index contributed by atoms with van der Waals surface area (Å²) < 4.78 is 29.5. The summed E-state index contributed by atoms with van der Waals surface area (Å²) in [6, 6.07) is 13.4. The number of rotatable bonds is 4. The van der Waals surface area contributed by atoms with Crippen LogP contribution in [-0.2, 0) is 14.8 Å². The van der Waals surface area contributed by atoms with Crippen LogP contribution < -0.4 is 10.1 Å². The number of primary sulfonamides is 1. The number of aryl methyl sites for hydroxylation is 2. The Morgan fingerprint density at radius 3 is 2.34 bits per heavy atom. The van der Waals surface area contributed by atoms with Crippen molar-refractivity contribution in [1.29, 1.82) is 0 Å². The highest BCUT2D eigenvalue weighted by Crippen LogP contribution is 2.34. The van der Waals surface area contributed by atoms with Gasteiger partial charge in [0, 0.05) is 10.0 Å². The van der Waals surface area contributed by atoms with Gasteiger partial charge < -0.3 is 4.42 Å². The molecule has 0 saturated heterocycles. The molecule has 2 heterocycles. The van der Waals surface area contributed by atoms with Crippen LogP contribution in [0.4, 0.5) is 5.69 Å². The van der Waals surface area contributed by atoms with Gasteiger partial charge in [-0.05, 0) is 102 Å². The van der Waals surface area contributed by atoms with E-state index in [2.05, 4.69) is 21.0 Å². The molecule has 0 fully saturated rings. The maximum absolute atomic E-state index is 13.1. The monoisotopic (exact) mass is 513 g/mol. The molecule has 0 radical (unpaired) electrons. The average molecular weight is 514 g/mol. The molecule has 0 aliphatic carbocycles. The van der Waals surface area contributed by atoms with Crippen molar-refractivity contribution in [3.05, 3.63) is 75.5 Å². The van der Waals surface area contributed by atoms with Gasteiger partial charge in [0.15, 0.2) is 0 Å². The first-order valence-corrected chi connectivity index (χ1v) is 12.0. The van der Waals surface area contributed by atoms with Crippen LogP contribution in [-0.4, -0.2) is 20.0 Å². The predicted octanol–water partition coefficient (Wildman–Crippen LogP) is 4.78. The molecule has 3 aromatic rings. The Bertz CT molecular complexity index is 1400. The summed E-state index contributed by atoms with van der Waals surface area (Å²) in [5.74, 6) is 0.767. The van der Waals surface area contributed by atoms with E-state index in [1.165, 1.54) is 17.1 Å². The molecule has 164 valence electrons. The largest absolute Gasteiger partial charge is 0.457 e. The number of benzene rings is 2. The lowest BCUT2D eigenvalue weighted by molar-refractivity contribution is -0.114. The number of sulfonamides is 1. The number of hydrogen-bond donors (Lipinski definition) is 1. The second-order valence-corrected chi connectivity index (χ2v) is 9.94. The zero-order valence-corrected chi connectivity index (χ0v) is 20.0. The van der Waals surface area contributed by atoms with Crippen LogP contribution in [0.15, 0.2) is 73.0 Å². The van der Waals surface area contributed by atoms with Gasteiger partial charge in [0.1, 0.15) is 11.5 Å². The smallest absolute Gasteiger partial charge is 0.280 e. The fourth-order valence-corrected chi connectivity index (χ4v) is 4.45. The molecule has 9 heteroatoms. The van der Waals surface area contributed by atoms with Crippen LogP contribution in [0, 0.1) is 13.8 Å². The van der Waals surface area contributed by atoms with Crippen LogP contribution in [0.3, 0.4) is 0 Å². The molecule has 4 rings (SSSR count). The summed E-state index contributed by atoms with van der Waals surface area (Å²) in [6.45, 7) is 5.76. The Hall–Kier alpha value is -3.01. The van der Waals surface area contributed by atoms with Gasteiger partial charge in [-0.25, -0.2) is 13.6 Å². The molecule has 0 atom stereocenters. The number of hydrazone groups is 1. The molecular weight excluding hydrogens is 494 g/mol. The minimum Gasteiger partial charge on any atom is -0.457 e. The van der Waals surface area contributed by atoms with Gasteiger partial charge in [-0.3, -0.25) is 4.79 Å². The van der Waals surface area contributed by atoms with Gasteiger partial charge >= 0.3 is 0 Å². The van der Waals surface area contributed by atoms with Crippen molar-refractivity contribution in [3.8, 4) is 11.3 Å². The number of nitrogens with zero attached hydrogens (tertiary/aromatic N) is 2. The minimum atomic E-state index is -3.76.